The van der Waals surface area contributed by atoms with Gasteiger partial charge in [-0.05, 0) is 19.5 Å². The summed E-state index contributed by atoms with van der Waals surface area (Å²) < 4.78 is 0. The molecule has 1 amide bonds. The highest BCUT2D eigenvalue weighted by Crippen LogP contribution is 2.02. The topological polar surface area (TPSA) is 95.8 Å². The SMILES string of the molecule is NC(=O)C(N)CN1CCCN(CCO)CC1. The summed E-state index contributed by atoms with van der Waals surface area (Å²) in [4.78, 5) is 15.2. The van der Waals surface area contributed by atoms with Crippen LogP contribution in [0.25, 0.3) is 0 Å². The van der Waals surface area contributed by atoms with Crippen LogP contribution in [0.4, 0.5) is 0 Å². The van der Waals surface area contributed by atoms with E-state index in [1.54, 1.807) is 0 Å². The lowest BCUT2D eigenvalue weighted by molar-refractivity contribution is -0.119. The first-order chi connectivity index (χ1) is 7.63. The van der Waals surface area contributed by atoms with E-state index < -0.39 is 11.9 Å². The van der Waals surface area contributed by atoms with E-state index in [1.807, 2.05) is 0 Å². The highest BCUT2D eigenvalue weighted by molar-refractivity contribution is 5.79. The lowest BCUT2D eigenvalue weighted by Crippen LogP contribution is -2.46. The van der Waals surface area contributed by atoms with E-state index in [0.29, 0.717) is 6.54 Å². The third-order valence-corrected chi connectivity index (χ3v) is 2.92. The van der Waals surface area contributed by atoms with Gasteiger partial charge in [0.15, 0.2) is 0 Å². The maximum Gasteiger partial charge on any atom is 0.235 e. The van der Waals surface area contributed by atoms with Crippen LogP contribution >= 0.6 is 0 Å². The van der Waals surface area contributed by atoms with Crippen LogP contribution in [-0.4, -0.2) is 72.7 Å². The quantitative estimate of drug-likeness (QED) is 0.498. The Kier molecular flexibility index (Phi) is 5.68. The van der Waals surface area contributed by atoms with Crippen molar-refractivity contribution in [3.63, 3.8) is 0 Å². The third kappa shape index (κ3) is 4.44. The zero-order valence-electron chi connectivity index (χ0n) is 9.64. The van der Waals surface area contributed by atoms with Crippen molar-refractivity contribution in [1.82, 2.24) is 9.80 Å². The first-order valence-corrected chi connectivity index (χ1v) is 5.74. The average Bonchev–Trinajstić information content (AvgIpc) is 2.44. The van der Waals surface area contributed by atoms with Gasteiger partial charge in [-0.2, -0.15) is 0 Å². The number of nitrogens with zero attached hydrogens (tertiary/aromatic N) is 2. The number of amides is 1. The largest absolute Gasteiger partial charge is 0.395 e. The lowest BCUT2D eigenvalue weighted by Gasteiger charge is -2.22. The van der Waals surface area contributed by atoms with Crippen LogP contribution in [0.2, 0.25) is 0 Å². The zero-order valence-corrected chi connectivity index (χ0v) is 9.64. The van der Waals surface area contributed by atoms with Gasteiger partial charge >= 0.3 is 0 Å². The summed E-state index contributed by atoms with van der Waals surface area (Å²) in [6, 6.07) is -0.579. The van der Waals surface area contributed by atoms with Crippen LogP contribution in [0.1, 0.15) is 6.42 Å². The van der Waals surface area contributed by atoms with Gasteiger partial charge in [-0.1, -0.05) is 0 Å². The van der Waals surface area contributed by atoms with Crippen molar-refractivity contribution < 1.29 is 9.90 Å². The molecule has 0 bridgehead atoms. The van der Waals surface area contributed by atoms with E-state index >= 15 is 0 Å². The fourth-order valence-electron chi connectivity index (χ4n) is 1.94. The summed E-state index contributed by atoms with van der Waals surface area (Å²) in [5.74, 6) is -0.448. The van der Waals surface area contributed by atoms with Crippen molar-refractivity contribution in [2.24, 2.45) is 11.5 Å². The number of carbonyl (C=O) groups is 1. The van der Waals surface area contributed by atoms with E-state index in [1.165, 1.54) is 0 Å². The van der Waals surface area contributed by atoms with Crippen LogP contribution in [0.15, 0.2) is 0 Å². The Morgan fingerprint density at radius 3 is 2.50 bits per heavy atom. The van der Waals surface area contributed by atoms with Gasteiger partial charge in [-0.3, -0.25) is 14.6 Å². The normalized spacial score (nSPS) is 21.6. The highest BCUT2D eigenvalue weighted by Gasteiger charge is 2.18. The maximum atomic E-state index is 10.9. The number of β-amino-alcohol motifs (C(OH)–C–C–N with tert-alkyl or cyclic N) is 1. The molecule has 0 aromatic rings. The van der Waals surface area contributed by atoms with Gasteiger partial charge in [-0.25, -0.2) is 0 Å². The third-order valence-electron chi connectivity index (χ3n) is 2.92. The predicted octanol–water partition coefficient (Wildman–Crippen LogP) is -2.20. The molecule has 6 heteroatoms. The molecule has 16 heavy (non-hydrogen) atoms. The molecule has 1 fully saturated rings. The lowest BCUT2D eigenvalue weighted by atomic mass is 10.2. The molecule has 5 N–H and O–H groups in total. The van der Waals surface area contributed by atoms with Gasteiger partial charge in [-0.15, -0.1) is 0 Å². The van der Waals surface area contributed by atoms with Gasteiger partial charge in [0.1, 0.15) is 0 Å². The minimum Gasteiger partial charge on any atom is -0.395 e. The van der Waals surface area contributed by atoms with Crippen molar-refractivity contribution in [3.05, 3.63) is 0 Å². The molecule has 1 saturated heterocycles. The summed E-state index contributed by atoms with van der Waals surface area (Å²) in [6.07, 6.45) is 1.03. The summed E-state index contributed by atoms with van der Waals surface area (Å²) in [5.41, 5.74) is 10.8. The standard InChI is InChI=1S/C10H22N4O2/c11-9(10(12)16)8-14-3-1-2-13(4-5-14)6-7-15/h9,15H,1-8,11H2,(H2,12,16). The van der Waals surface area contributed by atoms with Crippen LogP contribution in [0.3, 0.4) is 0 Å². The van der Waals surface area contributed by atoms with Crippen LogP contribution in [-0.2, 0) is 4.79 Å². The Bertz CT molecular complexity index is 225. The van der Waals surface area contributed by atoms with E-state index in [4.69, 9.17) is 16.6 Å². The molecule has 0 aliphatic carbocycles. The van der Waals surface area contributed by atoms with Crippen molar-refractivity contribution in [3.8, 4) is 0 Å². The molecule has 6 nitrogen and oxygen atoms in total. The smallest absolute Gasteiger partial charge is 0.235 e. The molecule has 1 aliphatic rings. The minimum atomic E-state index is -0.579. The Morgan fingerprint density at radius 1 is 1.25 bits per heavy atom. The van der Waals surface area contributed by atoms with Crippen molar-refractivity contribution in [2.75, 3.05) is 45.9 Å². The fraction of sp³-hybridized carbons (Fsp3) is 0.900. The Balaban J connectivity index is 2.32. The van der Waals surface area contributed by atoms with Crippen LogP contribution in [0, 0.1) is 0 Å². The van der Waals surface area contributed by atoms with Gasteiger partial charge in [0, 0.05) is 26.2 Å². The van der Waals surface area contributed by atoms with E-state index in [0.717, 1.165) is 39.1 Å². The minimum absolute atomic E-state index is 0.195. The van der Waals surface area contributed by atoms with Crippen molar-refractivity contribution in [1.29, 1.82) is 0 Å². The van der Waals surface area contributed by atoms with Gasteiger partial charge in [0.2, 0.25) is 5.91 Å². The van der Waals surface area contributed by atoms with Crippen LogP contribution in [0.5, 0.6) is 0 Å². The number of nitrogens with two attached hydrogens (primary N) is 2. The Hall–Kier alpha value is -0.690. The number of aliphatic hydroxyl groups is 1. The molecule has 1 rings (SSSR count). The van der Waals surface area contributed by atoms with Crippen molar-refractivity contribution >= 4 is 5.91 Å². The number of hydrogen-bond acceptors (Lipinski definition) is 5. The molecule has 0 spiro atoms. The first kappa shape index (κ1) is 13.4. The molecular formula is C10H22N4O2. The van der Waals surface area contributed by atoms with E-state index in [9.17, 15) is 4.79 Å². The maximum absolute atomic E-state index is 10.9. The molecule has 1 atom stereocenters. The van der Waals surface area contributed by atoms with E-state index in [-0.39, 0.29) is 6.61 Å². The second kappa shape index (κ2) is 6.80. The number of carbonyl (C=O) groups excluding carboxylic acids is 1. The Labute approximate surface area is 96.2 Å². The molecular weight excluding hydrogens is 208 g/mol. The fourth-order valence-corrected chi connectivity index (χ4v) is 1.94. The molecule has 94 valence electrons. The molecule has 1 heterocycles. The van der Waals surface area contributed by atoms with Gasteiger partial charge in [0.25, 0.3) is 0 Å². The highest BCUT2D eigenvalue weighted by atomic mass is 16.3. The van der Waals surface area contributed by atoms with E-state index in [2.05, 4.69) is 9.80 Å². The molecule has 0 aromatic heterocycles. The first-order valence-electron chi connectivity index (χ1n) is 5.74. The Morgan fingerprint density at radius 2 is 1.88 bits per heavy atom. The molecule has 0 aromatic carbocycles. The van der Waals surface area contributed by atoms with Crippen molar-refractivity contribution in [2.45, 2.75) is 12.5 Å². The zero-order chi connectivity index (χ0) is 12.0. The number of rotatable bonds is 5. The number of aliphatic hydroxyl groups excluding tert-OH is 1. The summed E-state index contributed by atoms with van der Waals surface area (Å²) in [7, 11) is 0. The molecule has 1 unspecified atom stereocenters. The number of primary amides is 1. The summed E-state index contributed by atoms with van der Waals surface area (Å²) in [5, 5.41) is 8.86. The number of hydrogen-bond donors (Lipinski definition) is 3. The second-order valence-corrected chi connectivity index (χ2v) is 4.23. The van der Waals surface area contributed by atoms with Gasteiger partial charge in [0.05, 0.1) is 12.6 Å². The average molecular weight is 230 g/mol. The molecule has 0 radical (unpaired) electrons. The van der Waals surface area contributed by atoms with Gasteiger partial charge < -0.3 is 16.6 Å². The van der Waals surface area contributed by atoms with Crippen LogP contribution < -0.4 is 11.5 Å². The summed E-state index contributed by atoms with van der Waals surface area (Å²) >= 11 is 0. The summed E-state index contributed by atoms with van der Waals surface area (Å²) in [6.45, 7) is 5.15. The second-order valence-electron chi connectivity index (χ2n) is 4.23. The predicted molar refractivity (Wildman–Crippen MR) is 61.8 cm³/mol. The monoisotopic (exact) mass is 230 g/mol. The molecule has 0 saturated carbocycles. The molecule has 1 aliphatic heterocycles.